The molecule has 0 heterocycles. The van der Waals surface area contributed by atoms with E-state index in [1.165, 1.54) is 0 Å². The maximum absolute atomic E-state index is 10.4. The lowest BCUT2D eigenvalue weighted by molar-refractivity contribution is -0.112. The Morgan fingerprint density at radius 2 is 1.36 bits per heavy atom. The van der Waals surface area contributed by atoms with Gasteiger partial charge in [0.2, 0.25) is 10.5 Å². The Labute approximate surface area is 95.0 Å². The molecule has 0 saturated heterocycles. The third-order valence-electron chi connectivity index (χ3n) is 2.14. The summed E-state index contributed by atoms with van der Waals surface area (Å²) in [6, 6.07) is 0. The highest BCUT2D eigenvalue weighted by atomic mass is 35.5. The van der Waals surface area contributed by atoms with Crippen LogP contribution >= 0.6 is 23.2 Å². The molecule has 0 aliphatic rings. The molecule has 0 saturated carbocycles. The van der Waals surface area contributed by atoms with Crippen LogP contribution in [0.25, 0.3) is 0 Å². The first-order chi connectivity index (χ1) is 6.52. The number of carbonyl (C=O) groups is 2. The molecule has 0 fully saturated rings. The molecule has 2 nitrogen and oxygen atoms in total. The topological polar surface area (TPSA) is 34.1 Å². The van der Waals surface area contributed by atoms with Gasteiger partial charge in [0.1, 0.15) is 0 Å². The van der Waals surface area contributed by atoms with E-state index < -0.39 is 0 Å². The van der Waals surface area contributed by atoms with E-state index in [1.807, 2.05) is 0 Å². The summed E-state index contributed by atoms with van der Waals surface area (Å²) in [5, 5.41) is -0.540. The maximum atomic E-state index is 10.4. The van der Waals surface area contributed by atoms with Gasteiger partial charge in [-0.05, 0) is 42.0 Å². The lowest BCUT2D eigenvalue weighted by Gasteiger charge is -2.08. The summed E-state index contributed by atoms with van der Waals surface area (Å²) in [6.07, 6.45) is 4.52. The summed E-state index contributed by atoms with van der Waals surface area (Å²) in [6.45, 7) is 2.11. The molecular formula is C10H16Cl2O2. The number of rotatable bonds is 8. The Bertz CT molecular complexity index is 173. The van der Waals surface area contributed by atoms with E-state index in [9.17, 15) is 9.59 Å². The Morgan fingerprint density at radius 3 is 1.64 bits per heavy atom. The summed E-state index contributed by atoms with van der Waals surface area (Å²) in [5.74, 6) is 0.530. The molecule has 0 aliphatic carbocycles. The minimum Gasteiger partial charge on any atom is -0.281 e. The van der Waals surface area contributed by atoms with E-state index in [4.69, 9.17) is 23.2 Å². The van der Waals surface area contributed by atoms with Gasteiger partial charge in [-0.1, -0.05) is 19.8 Å². The molecule has 4 heteroatoms. The summed E-state index contributed by atoms with van der Waals surface area (Å²) in [7, 11) is 0. The fourth-order valence-electron chi connectivity index (χ4n) is 1.32. The largest absolute Gasteiger partial charge is 0.281 e. The third-order valence-corrected chi connectivity index (χ3v) is 2.52. The average molecular weight is 239 g/mol. The molecular weight excluding hydrogens is 223 g/mol. The first-order valence-corrected chi connectivity index (χ1v) is 5.64. The van der Waals surface area contributed by atoms with E-state index in [1.54, 1.807) is 0 Å². The van der Waals surface area contributed by atoms with Gasteiger partial charge in [-0.3, -0.25) is 9.59 Å². The van der Waals surface area contributed by atoms with Crippen LogP contribution < -0.4 is 0 Å². The fourth-order valence-corrected chi connectivity index (χ4v) is 1.59. The van der Waals surface area contributed by atoms with Gasteiger partial charge >= 0.3 is 0 Å². The van der Waals surface area contributed by atoms with Crippen molar-refractivity contribution >= 4 is 33.7 Å². The molecule has 82 valence electrons. The molecule has 0 radical (unpaired) electrons. The van der Waals surface area contributed by atoms with E-state index >= 15 is 0 Å². The third kappa shape index (κ3) is 10.0. The van der Waals surface area contributed by atoms with Crippen molar-refractivity contribution in [2.75, 3.05) is 0 Å². The van der Waals surface area contributed by atoms with Gasteiger partial charge in [0, 0.05) is 12.8 Å². The fraction of sp³-hybridized carbons (Fsp3) is 0.800. The molecule has 0 aromatic heterocycles. The Hall–Kier alpha value is -0.0800. The standard InChI is InChI=1S/C10H16Cl2O2/c1-8(4-2-6-9(11)13)5-3-7-10(12)14/h8H,2-7H2,1H3. The van der Waals surface area contributed by atoms with E-state index in [0.29, 0.717) is 18.8 Å². The predicted octanol–water partition coefficient (Wildman–Crippen LogP) is 3.49. The van der Waals surface area contributed by atoms with Gasteiger partial charge < -0.3 is 0 Å². The van der Waals surface area contributed by atoms with Crippen molar-refractivity contribution in [2.45, 2.75) is 45.4 Å². The summed E-state index contributed by atoms with van der Waals surface area (Å²) >= 11 is 10.4. The minimum absolute atomic E-state index is 0.270. The van der Waals surface area contributed by atoms with E-state index in [-0.39, 0.29) is 10.5 Å². The number of carbonyl (C=O) groups excluding carboxylic acids is 2. The van der Waals surface area contributed by atoms with Crippen molar-refractivity contribution in [2.24, 2.45) is 5.92 Å². The van der Waals surface area contributed by atoms with Crippen molar-refractivity contribution in [3.8, 4) is 0 Å². The normalized spacial score (nSPS) is 10.6. The van der Waals surface area contributed by atoms with Crippen molar-refractivity contribution < 1.29 is 9.59 Å². The van der Waals surface area contributed by atoms with Crippen LogP contribution in [0.4, 0.5) is 0 Å². The Balaban J connectivity index is 3.32. The van der Waals surface area contributed by atoms with E-state index in [0.717, 1.165) is 25.7 Å². The molecule has 0 aromatic carbocycles. The molecule has 14 heavy (non-hydrogen) atoms. The molecule has 0 aliphatic heterocycles. The summed E-state index contributed by atoms with van der Waals surface area (Å²) in [5.41, 5.74) is 0. The van der Waals surface area contributed by atoms with Crippen LogP contribution in [0.3, 0.4) is 0 Å². The molecule has 0 bridgehead atoms. The molecule has 0 atom stereocenters. The van der Waals surface area contributed by atoms with Gasteiger partial charge in [0.15, 0.2) is 0 Å². The quantitative estimate of drug-likeness (QED) is 0.607. The zero-order chi connectivity index (χ0) is 11.0. The Kier molecular flexibility index (Phi) is 8.20. The van der Waals surface area contributed by atoms with Crippen LogP contribution in [0.15, 0.2) is 0 Å². The monoisotopic (exact) mass is 238 g/mol. The van der Waals surface area contributed by atoms with Crippen molar-refractivity contribution in [3.63, 3.8) is 0 Å². The maximum Gasteiger partial charge on any atom is 0.221 e. The highest BCUT2D eigenvalue weighted by molar-refractivity contribution is 6.63. The van der Waals surface area contributed by atoms with Crippen LogP contribution in [0, 0.1) is 5.92 Å². The van der Waals surface area contributed by atoms with Gasteiger partial charge in [0.05, 0.1) is 0 Å². The lowest BCUT2D eigenvalue weighted by Crippen LogP contribution is -1.98. The van der Waals surface area contributed by atoms with Crippen molar-refractivity contribution in [1.82, 2.24) is 0 Å². The second kappa shape index (κ2) is 8.25. The molecule has 0 N–H and O–H groups in total. The molecule has 0 spiro atoms. The number of hydrogen-bond acceptors (Lipinski definition) is 2. The molecule has 0 amide bonds. The van der Waals surface area contributed by atoms with Crippen LogP contribution in [-0.2, 0) is 9.59 Å². The van der Waals surface area contributed by atoms with Crippen LogP contribution in [0.5, 0.6) is 0 Å². The lowest BCUT2D eigenvalue weighted by atomic mass is 9.98. The minimum atomic E-state index is -0.270. The van der Waals surface area contributed by atoms with Gasteiger partial charge in [-0.25, -0.2) is 0 Å². The van der Waals surface area contributed by atoms with Gasteiger partial charge in [0.25, 0.3) is 0 Å². The van der Waals surface area contributed by atoms with Gasteiger partial charge in [-0.15, -0.1) is 0 Å². The number of hydrogen-bond donors (Lipinski definition) is 0. The van der Waals surface area contributed by atoms with Crippen LogP contribution in [0.1, 0.15) is 45.4 Å². The predicted molar refractivity (Wildman–Crippen MR) is 58.6 cm³/mol. The van der Waals surface area contributed by atoms with Crippen molar-refractivity contribution in [1.29, 1.82) is 0 Å². The second-order valence-corrected chi connectivity index (χ2v) is 4.44. The molecule has 0 unspecified atom stereocenters. The summed E-state index contributed by atoms with van der Waals surface area (Å²) < 4.78 is 0. The molecule has 0 aromatic rings. The smallest absolute Gasteiger partial charge is 0.221 e. The van der Waals surface area contributed by atoms with Crippen LogP contribution in [-0.4, -0.2) is 10.5 Å². The molecule has 0 rings (SSSR count). The van der Waals surface area contributed by atoms with E-state index in [2.05, 4.69) is 6.92 Å². The van der Waals surface area contributed by atoms with Gasteiger partial charge in [-0.2, -0.15) is 0 Å². The first-order valence-electron chi connectivity index (χ1n) is 4.89. The zero-order valence-corrected chi connectivity index (χ0v) is 9.90. The van der Waals surface area contributed by atoms with Crippen LogP contribution in [0.2, 0.25) is 0 Å². The second-order valence-electron chi connectivity index (χ2n) is 3.60. The van der Waals surface area contributed by atoms with Crippen molar-refractivity contribution in [3.05, 3.63) is 0 Å². The Morgan fingerprint density at radius 1 is 1.00 bits per heavy atom. The SMILES string of the molecule is CC(CCCC(=O)Cl)CCCC(=O)Cl. The highest BCUT2D eigenvalue weighted by Gasteiger charge is 2.05. The average Bonchev–Trinajstić information content (AvgIpc) is 2.02. The highest BCUT2D eigenvalue weighted by Crippen LogP contribution is 2.16. The summed E-state index contributed by atoms with van der Waals surface area (Å²) in [4.78, 5) is 20.9. The zero-order valence-electron chi connectivity index (χ0n) is 8.39. The first kappa shape index (κ1) is 13.9. The number of halogens is 2.